The van der Waals surface area contributed by atoms with Crippen LogP contribution in [-0.2, 0) is 9.84 Å². The smallest absolute Gasteiger partial charge is 0.271 e. The molecule has 0 saturated carbocycles. The summed E-state index contributed by atoms with van der Waals surface area (Å²) in [5.41, 5.74) is -0.486. The first-order chi connectivity index (χ1) is 11.1. The minimum absolute atomic E-state index is 0.0258. The highest BCUT2D eigenvalue weighted by molar-refractivity contribution is 7.90. The van der Waals surface area contributed by atoms with Crippen LogP contribution in [0.3, 0.4) is 0 Å². The van der Waals surface area contributed by atoms with Gasteiger partial charge in [0.1, 0.15) is 0 Å². The van der Waals surface area contributed by atoms with Crippen molar-refractivity contribution in [1.82, 2.24) is 10.6 Å². The van der Waals surface area contributed by atoms with Gasteiger partial charge in [0, 0.05) is 30.5 Å². The summed E-state index contributed by atoms with van der Waals surface area (Å²) in [7, 11) is -3.66. The number of rotatable bonds is 5. The molecule has 0 radical (unpaired) electrons. The van der Waals surface area contributed by atoms with Gasteiger partial charge < -0.3 is 10.6 Å². The number of nitrogens with zero attached hydrogens (tertiary/aromatic N) is 1. The molecule has 1 saturated heterocycles. The molecule has 1 aromatic carbocycles. The van der Waals surface area contributed by atoms with E-state index in [-0.39, 0.29) is 15.9 Å². The van der Waals surface area contributed by atoms with E-state index in [0.29, 0.717) is 6.54 Å². The Morgan fingerprint density at radius 2 is 1.96 bits per heavy atom. The second-order valence-corrected chi connectivity index (χ2v) is 8.50. The van der Waals surface area contributed by atoms with Gasteiger partial charge in [0.15, 0.2) is 9.84 Å². The number of hydrogen-bond donors (Lipinski definition) is 2. The first-order valence-corrected chi connectivity index (χ1v) is 9.48. The third-order valence-electron chi connectivity index (χ3n) is 4.28. The van der Waals surface area contributed by atoms with E-state index in [1.165, 1.54) is 6.07 Å². The lowest BCUT2D eigenvalue weighted by atomic mass is 9.81. The fraction of sp³-hybridized carbons (Fsp3) is 0.533. The number of sulfone groups is 1. The molecule has 24 heavy (non-hydrogen) atoms. The number of hydrogen-bond acceptors (Lipinski definition) is 6. The van der Waals surface area contributed by atoms with Crippen molar-refractivity contribution in [2.24, 2.45) is 5.41 Å². The van der Waals surface area contributed by atoms with Gasteiger partial charge >= 0.3 is 0 Å². The first-order valence-electron chi connectivity index (χ1n) is 7.59. The largest absolute Gasteiger partial charge is 0.351 e. The molecule has 8 nitrogen and oxygen atoms in total. The van der Waals surface area contributed by atoms with Gasteiger partial charge in [0.05, 0.1) is 9.82 Å². The van der Waals surface area contributed by atoms with Crippen LogP contribution < -0.4 is 10.6 Å². The van der Waals surface area contributed by atoms with Gasteiger partial charge in [0.25, 0.3) is 11.6 Å². The molecule has 132 valence electrons. The zero-order valence-corrected chi connectivity index (χ0v) is 14.5. The van der Waals surface area contributed by atoms with E-state index in [1.807, 2.05) is 0 Å². The molecule has 1 aliphatic heterocycles. The maximum absolute atomic E-state index is 12.3. The molecule has 1 heterocycles. The van der Waals surface area contributed by atoms with Crippen LogP contribution in [0.5, 0.6) is 0 Å². The highest BCUT2D eigenvalue weighted by Gasteiger charge is 2.27. The van der Waals surface area contributed by atoms with Crippen molar-refractivity contribution in [3.63, 3.8) is 0 Å². The average Bonchev–Trinajstić information content (AvgIpc) is 2.52. The van der Waals surface area contributed by atoms with Crippen molar-refractivity contribution in [3.05, 3.63) is 33.9 Å². The van der Waals surface area contributed by atoms with Crippen LogP contribution in [0.4, 0.5) is 5.69 Å². The third-order valence-corrected chi connectivity index (χ3v) is 5.37. The summed E-state index contributed by atoms with van der Waals surface area (Å²) in [5.74, 6) is -0.511. The van der Waals surface area contributed by atoms with Gasteiger partial charge in [-0.15, -0.1) is 0 Å². The minimum Gasteiger partial charge on any atom is -0.351 e. The second-order valence-electron chi connectivity index (χ2n) is 6.49. The molecular formula is C15H21N3O5S. The molecule has 0 atom stereocenters. The molecule has 0 bridgehead atoms. The molecule has 1 aliphatic rings. The quantitative estimate of drug-likeness (QED) is 0.603. The first kappa shape index (κ1) is 18.3. The zero-order chi connectivity index (χ0) is 18.0. The molecule has 2 rings (SSSR count). The van der Waals surface area contributed by atoms with Crippen molar-refractivity contribution >= 4 is 21.4 Å². The van der Waals surface area contributed by atoms with Crippen LogP contribution in [-0.4, -0.2) is 45.1 Å². The SMILES string of the molecule is CC1(CNC(=O)c2cc([N+](=O)[O-])cc(S(C)(=O)=O)c2)CCNCC1. The highest BCUT2D eigenvalue weighted by atomic mass is 32.2. The summed E-state index contributed by atoms with van der Waals surface area (Å²) in [6.45, 7) is 4.26. The van der Waals surface area contributed by atoms with Crippen molar-refractivity contribution in [1.29, 1.82) is 0 Å². The summed E-state index contributed by atoms with van der Waals surface area (Å²) >= 11 is 0. The lowest BCUT2D eigenvalue weighted by molar-refractivity contribution is -0.385. The van der Waals surface area contributed by atoms with E-state index in [0.717, 1.165) is 44.3 Å². The van der Waals surface area contributed by atoms with Crippen LogP contribution in [0.2, 0.25) is 0 Å². The predicted molar refractivity (Wildman–Crippen MR) is 88.8 cm³/mol. The number of carbonyl (C=O) groups is 1. The Bertz CT molecular complexity index is 754. The van der Waals surface area contributed by atoms with Crippen LogP contribution in [0.1, 0.15) is 30.1 Å². The normalized spacial score (nSPS) is 17.2. The Hall–Kier alpha value is -2.00. The van der Waals surface area contributed by atoms with Gasteiger partial charge in [-0.3, -0.25) is 14.9 Å². The van der Waals surface area contributed by atoms with Crippen LogP contribution in [0, 0.1) is 15.5 Å². The Morgan fingerprint density at radius 3 is 2.50 bits per heavy atom. The lowest BCUT2D eigenvalue weighted by Gasteiger charge is -2.34. The van der Waals surface area contributed by atoms with Gasteiger partial charge in [-0.25, -0.2) is 8.42 Å². The average molecular weight is 355 g/mol. The number of nitro groups is 1. The van der Waals surface area contributed by atoms with Crippen LogP contribution >= 0.6 is 0 Å². The second kappa shape index (κ2) is 6.86. The van der Waals surface area contributed by atoms with Crippen molar-refractivity contribution in [2.45, 2.75) is 24.7 Å². The van der Waals surface area contributed by atoms with E-state index in [2.05, 4.69) is 17.6 Å². The Kier molecular flexibility index (Phi) is 5.24. The number of carbonyl (C=O) groups excluding carboxylic acids is 1. The maximum Gasteiger partial charge on any atom is 0.271 e. The number of non-ortho nitro benzene ring substituents is 1. The summed E-state index contributed by atoms with van der Waals surface area (Å²) in [6.07, 6.45) is 2.78. The highest BCUT2D eigenvalue weighted by Crippen LogP contribution is 2.27. The number of piperidine rings is 1. The molecule has 0 aromatic heterocycles. The molecule has 1 amide bonds. The summed E-state index contributed by atoms with van der Waals surface area (Å²) < 4.78 is 23.4. The molecule has 0 aliphatic carbocycles. The Morgan fingerprint density at radius 1 is 1.33 bits per heavy atom. The Labute approximate surface area is 140 Å². The number of nitrogens with one attached hydrogen (secondary N) is 2. The minimum atomic E-state index is -3.66. The molecule has 0 spiro atoms. The zero-order valence-electron chi connectivity index (χ0n) is 13.7. The maximum atomic E-state index is 12.3. The van der Waals surface area contributed by atoms with Gasteiger partial charge in [-0.05, 0) is 37.4 Å². The third kappa shape index (κ3) is 4.51. The molecule has 1 aromatic rings. The van der Waals surface area contributed by atoms with Gasteiger partial charge in [-0.1, -0.05) is 6.92 Å². The van der Waals surface area contributed by atoms with Crippen LogP contribution in [0.15, 0.2) is 23.1 Å². The van der Waals surface area contributed by atoms with Crippen molar-refractivity contribution in [3.8, 4) is 0 Å². The molecule has 0 unspecified atom stereocenters. The molecular weight excluding hydrogens is 334 g/mol. The predicted octanol–water partition coefficient (Wildman–Crippen LogP) is 1.12. The van der Waals surface area contributed by atoms with E-state index < -0.39 is 26.4 Å². The number of nitro benzene ring substituents is 1. The number of benzene rings is 1. The molecule has 1 fully saturated rings. The lowest BCUT2D eigenvalue weighted by Crippen LogP contribution is -2.42. The van der Waals surface area contributed by atoms with E-state index in [9.17, 15) is 23.3 Å². The van der Waals surface area contributed by atoms with Crippen LogP contribution in [0.25, 0.3) is 0 Å². The van der Waals surface area contributed by atoms with Crippen molar-refractivity contribution < 1.29 is 18.1 Å². The standard InChI is InChI=1S/C15H21N3O5S/c1-15(3-5-16-6-4-15)10-17-14(19)11-7-12(18(20)21)9-13(8-11)24(2,22)23/h7-9,16H,3-6,10H2,1-2H3,(H,17,19). The molecule has 2 N–H and O–H groups in total. The molecule has 9 heteroatoms. The topological polar surface area (TPSA) is 118 Å². The van der Waals surface area contributed by atoms with Gasteiger partial charge in [-0.2, -0.15) is 0 Å². The van der Waals surface area contributed by atoms with E-state index in [1.54, 1.807) is 0 Å². The van der Waals surface area contributed by atoms with Crippen molar-refractivity contribution in [2.75, 3.05) is 25.9 Å². The Balaban J connectivity index is 2.22. The van der Waals surface area contributed by atoms with Gasteiger partial charge in [0.2, 0.25) is 0 Å². The fourth-order valence-corrected chi connectivity index (χ4v) is 3.31. The summed E-state index contributed by atoms with van der Waals surface area (Å²) in [4.78, 5) is 22.4. The fourth-order valence-electron chi connectivity index (χ4n) is 2.64. The van der Waals surface area contributed by atoms with E-state index in [4.69, 9.17) is 0 Å². The monoisotopic (exact) mass is 355 g/mol. The summed E-state index contributed by atoms with van der Waals surface area (Å²) in [5, 5.41) is 17.0. The van der Waals surface area contributed by atoms with E-state index >= 15 is 0 Å². The number of amides is 1. The summed E-state index contributed by atoms with van der Waals surface area (Å²) in [6, 6.07) is 3.22.